The van der Waals surface area contributed by atoms with Gasteiger partial charge in [0.15, 0.2) is 0 Å². The average molecular weight is 252 g/mol. The van der Waals surface area contributed by atoms with Crippen molar-refractivity contribution >= 4 is 5.69 Å². The van der Waals surface area contributed by atoms with E-state index in [0.29, 0.717) is 19.5 Å². The van der Waals surface area contributed by atoms with Crippen molar-refractivity contribution in [2.24, 2.45) is 5.73 Å². The van der Waals surface area contributed by atoms with Crippen LogP contribution < -0.4 is 15.4 Å². The number of nitrogens with zero attached hydrogens (tertiary/aromatic N) is 1. The minimum atomic E-state index is -0.411. The lowest BCUT2D eigenvalue weighted by atomic mass is 10.1. The maximum atomic E-state index is 9.81. The minimum absolute atomic E-state index is 0.411. The summed E-state index contributed by atoms with van der Waals surface area (Å²) in [7, 11) is 3.62. The zero-order valence-electron chi connectivity index (χ0n) is 11.7. The number of rotatable bonds is 6. The molecule has 3 N–H and O–H groups in total. The molecular weight excluding hydrogens is 228 g/mol. The van der Waals surface area contributed by atoms with E-state index in [2.05, 4.69) is 19.9 Å². The molecule has 0 bridgehead atoms. The molecule has 1 aromatic carbocycles. The quantitative estimate of drug-likeness (QED) is 0.804. The van der Waals surface area contributed by atoms with Gasteiger partial charge in [0, 0.05) is 13.6 Å². The largest absolute Gasteiger partial charge is 0.495 e. The van der Waals surface area contributed by atoms with Gasteiger partial charge >= 0.3 is 0 Å². The molecule has 1 atom stereocenters. The number of likely N-dealkylation sites (N-methyl/N-ethyl adjacent to an activating group) is 1. The summed E-state index contributed by atoms with van der Waals surface area (Å²) in [6.07, 6.45) is 0.198. The van der Waals surface area contributed by atoms with Gasteiger partial charge in [-0.2, -0.15) is 0 Å². The Kier molecular flexibility index (Phi) is 5.44. The van der Waals surface area contributed by atoms with Crippen molar-refractivity contribution in [3.05, 3.63) is 23.3 Å². The Labute approximate surface area is 109 Å². The maximum absolute atomic E-state index is 9.81. The van der Waals surface area contributed by atoms with E-state index in [1.807, 2.05) is 18.0 Å². The predicted octanol–water partition coefficient (Wildman–Crippen LogP) is 1.46. The number of hydrogen-bond donors (Lipinski definition) is 2. The molecule has 0 saturated heterocycles. The van der Waals surface area contributed by atoms with Crippen LogP contribution in [0.25, 0.3) is 0 Å². The first-order chi connectivity index (χ1) is 8.49. The third kappa shape index (κ3) is 3.62. The molecule has 0 aliphatic carbocycles. The Morgan fingerprint density at radius 1 is 1.33 bits per heavy atom. The molecular formula is C14H24N2O2. The highest BCUT2D eigenvalue weighted by Crippen LogP contribution is 2.30. The standard InChI is InChI=1S/C14H24N2O2/c1-10-7-13(14(18-4)8-11(10)2)16(3)9-12(17)5-6-15/h7-8,12,17H,5-6,9,15H2,1-4H3. The van der Waals surface area contributed by atoms with Gasteiger partial charge in [-0.25, -0.2) is 0 Å². The van der Waals surface area contributed by atoms with E-state index < -0.39 is 6.10 Å². The van der Waals surface area contributed by atoms with Gasteiger partial charge in [0.2, 0.25) is 0 Å². The molecule has 0 aromatic heterocycles. The van der Waals surface area contributed by atoms with Gasteiger partial charge in [0.05, 0.1) is 18.9 Å². The molecule has 18 heavy (non-hydrogen) atoms. The van der Waals surface area contributed by atoms with Gasteiger partial charge in [-0.05, 0) is 50.1 Å². The number of benzene rings is 1. The van der Waals surface area contributed by atoms with Crippen molar-refractivity contribution in [3.8, 4) is 5.75 Å². The Morgan fingerprint density at radius 3 is 2.50 bits per heavy atom. The van der Waals surface area contributed by atoms with Crippen LogP contribution in [0.4, 0.5) is 5.69 Å². The van der Waals surface area contributed by atoms with Crippen LogP contribution in [0.2, 0.25) is 0 Å². The molecule has 4 heteroatoms. The Hall–Kier alpha value is -1.26. The number of hydrogen-bond acceptors (Lipinski definition) is 4. The molecule has 102 valence electrons. The Morgan fingerprint density at radius 2 is 1.94 bits per heavy atom. The molecule has 1 aromatic rings. The number of anilines is 1. The van der Waals surface area contributed by atoms with E-state index in [1.54, 1.807) is 7.11 Å². The van der Waals surface area contributed by atoms with Crippen LogP contribution in [-0.4, -0.2) is 38.5 Å². The van der Waals surface area contributed by atoms with Gasteiger partial charge < -0.3 is 20.5 Å². The molecule has 0 aliphatic rings. The molecule has 0 spiro atoms. The van der Waals surface area contributed by atoms with Gasteiger partial charge in [0.25, 0.3) is 0 Å². The number of methoxy groups -OCH3 is 1. The van der Waals surface area contributed by atoms with Crippen LogP contribution in [0.3, 0.4) is 0 Å². The number of aliphatic hydroxyl groups excluding tert-OH is 1. The van der Waals surface area contributed by atoms with E-state index in [9.17, 15) is 5.11 Å². The molecule has 0 aliphatic heterocycles. The van der Waals surface area contributed by atoms with Crippen molar-refractivity contribution in [2.75, 3.05) is 32.1 Å². The second-order valence-electron chi connectivity index (χ2n) is 4.72. The summed E-state index contributed by atoms with van der Waals surface area (Å²) in [5.41, 5.74) is 8.85. The highest BCUT2D eigenvalue weighted by molar-refractivity contribution is 5.61. The molecule has 0 heterocycles. The molecule has 0 fully saturated rings. The summed E-state index contributed by atoms with van der Waals surface area (Å²) in [5, 5.41) is 9.81. The van der Waals surface area contributed by atoms with Gasteiger partial charge in [0.1, 0.15) is 5.75 Å². The van der Waals surface area contributed by atoms with Crippen molar-refractivity contribution in [3.63, 3.8) is 0 Å². The first-order valence-corrected chi connectivity index (χ1v) is 6.24. The topological polar surface area (TPSA) is 58.7 Å². The van der Waals surface area contributed by atoms with Crippen LogP contribution in [-0.2, 0) is 0 Å². The van der Waals surface area contributed by atoms with Crippen LogP contribution in [0, 0.1) is 13.8 Å². The Bertz CT molecular complexity index is 394. The van der Waals surface area contributed by atoms with Gasteiger partial charge in [-0.1, -0.05) is 0 Å². The van der Waals surface area contributed by atoms with E-state index in [0.717, 1.165) is 11.4 Å². The molecule has 4 nitrogen and oxygen atoms in total. The van der Waals surface area contributed by atoms with Gasteiger partial charge in [-0.15, -0.1) is 0 Å². The monoisotopic (exact) mass is 252 g/mol. The summed E-state index contributed by atoms with van der Waals surface area (Å²) in [4.78, 5) is 2.01. The number of ether oxygens (including phenoxy) is 1. The summed E-state index contributed by atoms with van der Waals surface area (Å²) < 4.78 is 5.40. The van der Waals surface area contributed by atoms with E-state index in [-0.39, 0.29) is 0 Å². The molecule has 1 unspecified atom stereocenters. The minimum Gasteiger partial charge on any atom is -0.495 e. The summed E-state index contributed by atoms with van der Waals surface area (Å²) in [6.45, 7) is 5.18. The highest BCUT2D eigenvalue weighted by atomic mass is 16.5. The van der Waals surface area contributed by atoms with Crippen LogP contribution in [0.1, 0.15) is 17.5 Å². The van der Waals surface area contributed by atoms with Crippen molar-refractivity contribution in [1.82, 2.24) is 0 Å². The SMILES string of the molecule is COc1cc(C)c(C)cc1N(C)CC(O)CCN. The van der Waals surface area contributed by atoms with E-state index in [1.165, 1.54) is 11.1 Å². The third-order valence-corrected chi connectivity index (χ3v) is 3.19. The van der Waals surface area contributed by atoms with Crippen LogP contribution in [0.5, 0.6) is 5.75 Å². The van der Waals surface area contributed by atoms with Crippen LogP contribution >= 0.6 is 0 Å². The maximum Gasteiger partial charge on any atom is 0.142 e. The fraction of sp³-hybridized carbons (Fsp3) is 0.571. The summed E-state index contributed by atoms with van der Waals surface area (Å²) >= 11 is 0. The Balaban J connectivity index is 2.90. The third-order valence-electron chi connectivity index (χ3n) is 3.19. The first-order valence-electron chi connectivity index (χ1n) is 6.24. The molecule has 0 saturated carbocycles. The zero-order valence-corrected chi connectivity index (χ0v) is 11.7. The summed E-state index contributed by atoms with van der Waals surface area (Å²) in [6, 6.07) is 4.11. The fourth-order valence-electron chi connectivity index (χ4n) is 1.93. The van der Waals surface area contributed by atoms with Gasteiger partial charge in [-0.3, -0.25) is 0 Å². The highest BCUT2D eigenvalue weighted by Gasteiger charge is 2.13. The number of aryl methyl sites for hydroxylation is 2. The lowest BCUT2D eigenvalue weighted by Gasteiger charge is -2.25. The van der Waals surface area contributed by atoms with Crippen molar-refractivity contribution in [2.45, 2.75) is 26.4 Å². The fourth-order valence-corrected chi connectivity index (χ4v) is 1.93. The lowest BCUT2D eigenvalue weighted by molar-refractivity contribution is 0.174. The molecule has 1 rings (SSSR count). The summed E-state index contributed by atoms with van der Waals surface area (Å²) in [5.74, 6) is 0.834. The molecule has 0 radical (unpaired) electrons. The van der Waals surface area contributed by atoms with Crippen LogP contribution in [0.15, 0.2) is 12.1 Å². The lowest BCUT2D eigenvalue weighted by Crippen LogP contribution is -2.30. The van der Waals surface area contributed by atoms with E-state index >= 15 is 0 Å². The normalized spacial score (nSPS) is 12.3. The predicted molar refractivity (Wildman–Crippen MR) is 75.4 cm³/mol. The zero-order chi connectivity index (χ0) is 13.7. The second-order valence-corrected chi connectivity index (χ2v) is 4.72. The van der Waals surface area contributed by atoms with E-state index in [4.69, 9.17) is 10.5 Å². The van der Waals surface area contributed by atoms with Crippen molar-refractivity contribution in [1.29, 1.82) is 0 Å². The molecule has 0 amide bonds. The number of aliphatic hydroxyl groups is 1. The number of nitrogens with two attached hydrogens (primary N) is 1. The first kappa shape index (κ1) is 14.8. The average Bonchev–Trinajstić information content (AvgIpc) is 2.32. The second kappa shape index (κ2) is 6.61. The smallest absolute Gasteiger partial charge is 0.142 e. The van der Waals surface area contributed by atoms with Crippen molar-refractivity contribution < 1.29 is 9.84 Å².